The SMILES string of the molecule is CCOC(=O)[C@H]1CCCN(C(=O)c2cnc(-c3ccc(OC)cc3)nc2Oc2ccccc2)C1. The van der Waals surface area contributed by atoms with Gasteiger partial charge >= 0.3 is 5.97 Å². The van der Waals surface area contributed by atoms with E-state index in [2.05, 4.69) is 9.97 Å². The van der Waals surface area contributed by atoms with Gasteiger partial charge in [0.2, 0.25) is 5.88 Å². The first kappa shape index (κ1) is 23.2. The number of rotatable bonds is 7. The van der Waals surface area contributed by atoms with Crippen LogP contribution in [-0.2, 0) is 9.53 Å². The van der Waals surface area contributed by atoms with E-state index < -0.39 is 0 Å². The fraction of sp³-hybridized carbons (Fsp3) is 0.308. The number of hydrogen-bond donors (Lipinski definition) is 0. The largest absolute Gasteiger partial charge is 0.497 e. The number of esters is 1. The molecule has 1 fully saturated rings. The Hall–Kier alpha value is -3.94. The standard InChI is InChI=1S/C26H27N3O5/c1-3-33-26(31)19-8-7-15-29(17-19)25(30)22-16-27-23(18-11-13-20(32-2)14-12-18)28-24(22)34-21-9-5-4-6-10-21/h4-6,9-14,16,19H,3,7-8,15,17H2,1-2H3/t19-/m0/s1. The van der Waals surface area contributed by atoms with E-state index >= 15 is 0 Å². The normalized spacial score (nSPS) is 15.5. The summed E-state index contributed by atoms with van der Waals surface area (Å²) in [7, 11) is 1.60. The lowest BCUT2D eigenvalue weighted by Crippen LogP contribution is -2.43. The van der Waals surface area contributed by atoms with Gasteiger partial charge in [-0.25, -0.2) is 4.98 Å². The maximum atomic E-state index is 13.5. The number of aromatic nitrogens is 2. The number of carbonyl (C=O) groups is 2. The van der Waals surface area contributed by atoms with Crippen molar-refractivity contribution in [2.75, 3.05) is 26.8 Å². The van der Waals surface area contributed by atoms with Crippen LogP contribution in [0.2, 0.25) is 0 Å². The summed E-state index contributed by atoms with van der Waals surface area (Å²) in [5, 5.41) is 0. The molecule has 1 saturated heterocycles. The number of piperidine rings is 1. The highest BCUT2D eigenvalue weighted by atomic mass is 16.5. The summed E-state index contributed by atoms with van der Waals surface area (Å²) < 4.78 is 16.4. The quantitative estimate of drug-likeness (QED) is 0.483. The fourth-order valence-corrected chi connectivity index (χ4v) is 3.85. The number of amides is 1. The molecule has 176 valence electrons. The van der Waals surface area contributed by atoms with Crippen LogP contribution in [0.4, 0.5) is 0 Å². The predicted octanol–water partition coefficient (Wildman–Crippen LogP) is 4.36. The molecule has 1 aliphatic rings. The van der Waals surface area contributed by atoms with Gasteiger partial charge in [0.05, 0.1) is 19.6 Å². The third kappa shape index (κ3) is 5.33. The van der Waals surface area contributed by atoms with Crippen LogP contribution in [-0.4, -0.2) is 53.6 Å². The summed E-state index contributed by atoms with van der Waals surface area (Å²) in [4.78, 5) is 36.4. The Morgan fingerprint density at radius 2 is 1.82 bits per heavy atom. The molecule has 0 bridgehead atoms. The molecule has 1 amide bonds. The molecule has 2 aromatic carbocycles. The number of ether oxygens (including phenoxy) is 3. The second kappa shape index (κ2) is 10.8. The van der Waals surface area contributed by atoms with Crippen molar-refractivity contribution in [3.05, 3.63) is 66.4 Å². The molecule has 4 rings (SSSR count). The van der Waals surface area contributed by atoms with Crippen molar-refractivity contribution in [3.8, 4) is 28.8 Å². The molecular formula is C26H27N3O5. The molecule has 0 aliphatic carbocycles. The molecule has 1 aliphatic heterocycles. The van der Waals surface area contributed by atoms with Gasteiger partial charge in [-0.1, -0.05) is 18.2 Å². The summed E-state index contributed by atoms with van der Waals surface area (Å²) in [6, 6.07) is 16.5. The number of methoxy groups -OCH3 is 1. The minimum atomic E-state index is -0.337. The monoisotopic (exact) mass is 461 g/mol. The Morgan fingerprint density at radius 1 is 1.06 bits per heavy atom. The lowest BCUT2D eigenvalue weighted by atomic mass is 9.97. The zero-order valence-corrected chi connectivity index (χ0v) is 19.3. The molecule has 1 aromatic heterocycles. The molecular weight excluding hydrogens is 434 g/mol. The summed E-state index contributed by atoms with van der Waals surface area (Å²) in [6.45, 7) is 2.93. The first-order valence-electron chi connectivity index (χ1n) is 11.3. The molecule has 1 atom stereocenters. The van der Waals surface area contributed by atoms with Crippen LogP contribution in [0.3, 0.4) is 0 Å². The Balaban J connectivity index is 1.64. The van der Waals surface area contributed by atoms with Gasteiger partial charge in [-0.3, -0.25) is 9.59 Å². The molecule has 2 heterocycles. The summed E-state index contributed by atoms with van der Waals surface area (Å²) in [5.41, 5.74) is 1.00. The second-order valence-electron chi connectivity index (χ2n) is 7.90. The van der Waals surface area contributed by atoms with E-state index in [1.54, 1.807) is 31.1 Å². The highest BCUT2D eigenvalue weighted by Crippen LogP contribution is 2.29. The van der Waals surface area contributed by atoms with Crippen molar-refractivity contribution in [2.45, 2.75) is 19.8 Å². The number of hydrogen-bond acceptors (Lipinski definition) is 7. The fourth-order valence-electron chi connectivity index (χ4n) is 3.85. The van der Waals surface area contributed by atoms with Crippen molar-refractivity contribution in [2.24, 2.45) is 5.92 Å². The second-order valence-corrected chi connectivity index (χ2v) is 7.90. The number of nitrogens with zero attached hydrogens (tertiary/aromatic N) is 3. The highest BCUT2D eigenvalue weighted by molar-refractivity contribution is 5.96. The molecule has 0 unspecified atom stereocenters. The van der Waals surface area contributed by atoms with Crippen LogP contribution >= 0.6 is 0 Å². The van der Waals surface area contributed by atoms with Crippen LogP contribution < -0.4 is 9.47 Å². The maximum absolute atomic E-state index is 13.5. The van der Waals surface area contributed by atoms with E-state index in [1.165, 1.54) is 6.20 Å². The Bertz CT molecular complexity index is 1130. The zero-order valence-electron chi connectivity index (χ0n) is 19.3. The van der Waals surface area contributed by atoms with Crippen molar-refractivity contribution in [3.63, 3.8) is 0 Å². The number of carbonyl (C=O) groups excluding carboxylic acids is 2. The van der Waals surface area contributed by atoms with Gasteiger partial charge in [0.25, 0.3) is 5.91 Å². The van der Waals surface area contributed by atoms with Crippen LogP contribution in [0.5, 0.6) is 17.4 Å². The van der Waals surface area contributed by atoms with Crippen LogP contribution in [0, 0.1) is 5.92 Å². The van der Waals surface area contributed by atoms with Gasteiger partial charge in [-0.05, 0) is 56.2 Å². The van der Waals surface area contributed by atoms with Crippen molar-refractivity contribution in [1.29, 1.82) is 0 Å². The Morgan fingerprint density at radius 3 is 2.53 bits per heavy atom. The van der Waals surface area contributed by atoms with Gasteiger partial charge in [0.15, 0.2) is 5.82 Å². The molecule has 0 radical (unpaired) electrons. The summed E-state index contributed by atoms with van der Waals surface area (Å²) >= 11 is 0. The summed E-state index contributed by atoms with van der Waals surface area (Å²) in [6.07, 6.45) is 2.90. The van der Waals surface area contributed by atoms with E-state index in [9.17, 15) is 9.59 Å². The third-order valence-corrected chi connectivity index (χ3v) is 5.62. The Kier molecular flexibility index (Phi) is 7.37. The lowest BCUT2D eigenvalue weighted by molar-refractivity contribution is -0.149. The van der Waals surface area contributed by atoms with E-state index in [0.29, 0.717) is 37.7 Å². The minimum absolute atomic E-state index is 0.162. The van der Waals surface area contributed by atoms with Gasteiger partial charge < -0.3 is 19.1 Å². The molecule has 3 aromatic rings. The van der Waals surface area contributed by atoms with E-state index in [4.69, 9.17) is 14.2 Å². The van der Waals surface area contributed by atoms with Crippen LogP contribution in [0.1, 0.15) is 30.1 Å². The van der Waals surface area contributed by atoms with Gasteiger partial charge in [-0.2, -0.15) is 4.98 Å². The van der Waals surface area contributed by atoms with Crippen molar-refractivity contribution < 1.29 is 23.8 Å². The topological polar surface area (TPSA) is 90.9 Å². The molecule has 8 heteroatoms. The van der Waals surface area contributed by atoms with Crippen LogP contribution in [0.25, 0.3) is 11.4 Å². The van der Waals surface area contributed by atoms with Crippen molar-refractivity contribution in [1.82, 2.24) is 14.9 Å². The van der Waals surface area contributed by atoms with Crippen molar-refractivity contribution >= 4 is 11.9 Å². The smallest absolute Gasteiger partial charge is 0.310 e. The number of benzene rings is 2. The maximum Gasteiger partial charge on any atom is 0.310 e. The zero-order chi connectivity index (χ0) is 23.9. The average Bonchev–Trinajstić information content (AvgIpc) is 2.89. The Labute approximate surface area is 198 Å². The average molecular weight is 462 g/mol. The number of likely N-dealkylation sites (tertiary alicyclic amines) is 1. The number of para-hydroxylation sites is 1. The molecule has 8 nitrogen and oxygen atoms in total. The van der Waals surface area contributed by atoms with Crippen LogP contribution in [0.15, 0.2) is 60.8 Å². The third-order valence-electron chi connectivity index (χ3n) is 5.62. The first-order valence-corrected chi connectivity index (χ1v) is 11.3. The first-order chi connectivity index (χ1) is 16.6. The predicted molar refractivity (Wildman–Crippen MR) is 126 cm³/mol. The molecule has 0 saturated carbocycles. The molecule has 34 heavy (non-hydrogen) atoms. The highest BCUT2D eigenvalue weighted by Gasteiger charge is 2.31. The van der Waals surface area contributed by atoms with E-state index in [1.807, 2.05) is 42.5 Å². The van der Waals surface area contributed by atoms with Gasteiger partial charge in [0, 0.05) is 24.8 Å². The molecule has 0 spiro atoms. The molecule has 0 N–H and O–H groups in total. The summed E-state index contributed by atoms with van der Waals surface area (Å²) in [5.74, 6) is 0.976. The van der Waals surface area contributed by atoms with E-state index in [0.717, 1.165) is 17.7 Å². The van der Waals surface area contributed by atoms with Gasteiger partial charge in [-0.15, -0.1) is 0 Å². The van der Waals surface area contributed by atoms with Gasteiger partial charge in [0.1, 0.15) is 17.1 Å². The lowest BCUT2D eigenvalue weighted by Gasteiger charge is -2.31. The van der Waals surface area contributed by atoms with E-state index in [-0.39, 0.29) is 29.2 Å². The minimum Gasteiger partial charge on any atom is -0.497 e.